The molecule has 0 unspecified atom stereocenters. The van der Waals surface area contributed by atoms with E-state index in [1.807, 2.05) is 31.2 Å². The van der Waals surface area contributed by atoms with Gasteiger partial charge in [0.1, 0.15) is 5.75 Å². The summed E-state index contributed by atoms with van der Waals surface area (Å²) in [6.07, 6.45) is 1.58. The average molecular weight is 270 g/mol. The van der Waals surface area contributed by atoms with Crippen molar-refractivity contribution in [2.75, 3.05) is 12.8 Å². The van der Waals surface area contributed by atoms with Gasteiger partial charge in [-0.3, -0.25) is 4.57 Å². The highest BCUT2D eigenvalue weighted by Gasteiger charge is 2.19. The molecule has 0 bridgehead atoms. The number of aryl methyl sites for hydroxylation is 1. The molecule has 1 aromatic carbocycles. The van der Waals surface area contributed by atoms with Crippen molar-refractivity contribution in [2.24, 2.45) is 0 Å². The Kier molecular flexibility index (Phi) is 2.90. The summed E-state index contributed by atoms with van der Waals surface area (Å²) in [6, 6.07) is 9.37. The fourth-order valence-electron chi connectivity index (χ4n) is 2.17. The Morgan fingerprint density at radius 2 is 2.05 bits per heavy atom. The number of aromatic nitrogens is 3. The van der Waals surface area contributed by atoms with Gasteiger partial charge in [0.25, 0.3) is 0 Å². The zero-order valence-corrected chi connectivity index (χ0v) is 11.2. The molecule has 2 N–H and O–H groups in total. The van der Waals surface area contributed by atoms with E-state index in [9.17, 15) is 0 Å². The van der Waals surface area contributed by atoms with E-state index in [-0.39, 0.29) is 5.95 Å². The van der Waals surface area contributed by atoms with Crippen molar-refractivity contribution < 1.29 is 9.15 Å². The second-order valence-corrected chi connectivity index (χ2v) is 4.32. The molecule has 2 aromatic heterocycles. The molecule has 6 nitrogen and oxygen atoms in total. The summed E-state index contributed by atoms with van der Waals surface area (Å²) < 4.78 is 12.5. The van der Waals surface area contributed by atoms with E-state index < -0.39 is 0 Å². The third kappa shape index (κ3) is 1.82. The maximum Gasteiger partial charge on any atom is 0.227 e. The van der Waals surface area contributed by atoms with Crippen LogP contribution < -0.4 is 10.5 Å². The maximum atomic E-state index is 5.96. The molecule has 0 amide bonds. The predicted octanol–water partition coefficient (Wildman–Crippen LogP) is 2.43. The first-order chi connectivity index (χ1) is 9.72. The molecular weight excluding hydrogens is 256 g/mol. The van der Waals surface area contributed by atoms with Crippen LogP contribution in [0, 0.1) is 6.92 Å². The van der Waals surface area contributed by atoms with Gasteiger partial charge in [0, 0.05) is 0 Å². The van der Waals surface area contributed by atoms with Gasteiger partial charge < -0.3 is 14.9 Å². The van der Waals surface area contributed by atoms with Gasteiger partial charge in [-0.25, -0.2) is 0 Å². The molecule has 0 atom stereocenters. The van der Waals surface area contributed by atoms with Crippen LogP contribution in [0.15, 0.2) is 41.0 Å². The smallest absolute Gasteiger partial charge is 0.227 e. The highest BCUT2D eigenvalue weighted by atomic mass is 16.5. The van der Waals surface area contributed by atoms with Gasteiger partial charge in [-0.05, 0) is 30.7 Å². The second kappa shape index (κ2) is 4.73. The van der Waals surface area contributed by atoms with Gasteiger partial charge in [0.05, 0.1) is 19.1 Å². The first-order valence-electron chi connectivity index (χ1n) is 6.11. The lowest BCUT2D eigenvalue weighted by molar-refractivity contribution is 0.412. The molecular formula is C14H14N4O2. The molecule has 0 aliphatic carbocycles. The van der Waals surface area contributed by atoms with Crippen LogP contribution >= 0.6 is 0 Å². The van der Waals surface area contributed by atoms with Crippen molar-refractivity contribution in [2.45, 2.75) is 6.92 Å². The average Bonchev–Trinajstić information content (AvgIpc) is 3.08. The van der Waals surface area contributed by atoms with Gasteiger partial charge in [-0.15, -0.1) is 10.2 Å². The van der Waals surface area contributed by atoms with Gasteiger partial charge >= 0.3 is 0 Å². The largest absolute Gasteiger partial charge is 0.495 e. The van der Waals surface area contributed by atoms with Crippen LogP contribution in [0.3, 0.4) is 0 Å². The minimum absolute atomic E-state index is 0.281. The maximum absolute atomic E-state index is 5.96. The van der Waals surface area contributed by atoms with E-state index in [4.69, 9.17) is 14.9 Å². The molecule has 102 valence electrons. The first-order valence-corrected chi connectivity index (χ1v) is 6.11. The Hall–Kier alpha value is -2.76. The van der Waals surface area contributed by atoms with E-state index in [2.05, 4.69) is 10.2 Å². The molecule has 3 aromatic rings. The molecule has 0 fully saturated rings. The van der Waals surface area contributed by atoms with Crippen LogP contribution in [-0.4, -0.2) is 21.9 Å². The number of nitrogen functional groups attached to an aromatic ring is 1. The first kappa shape index (κ1) is 12.3. The molecule has 3 rings (SSSR count). The minimum Gasteiger partial charge on any atom is -0.495 e. The summed E-state index contributed by atoms with van der Waals surface area (Å²) >= 11 is 0. The van der Waals surface area contributed by atoms with Crippen molar-refractivity contribution >= 4 is 5.95 Å². The van der Waals surface area contributed by atoms with E-state index >= 15 is 0 Å². The van der Waals surface area contributed by atoms with Crippen LogP contribution in [0.2, 0.25) is 0 Å². The van der Waals surface area contributed by atoms with E-state index in [0.29, 0.717) is 17.3 Å². The number of rotatable bonds is 3. The monoisotopic (exact) mass is 270 g/mol. The van der Waals surface area contributed by atoms with Crippen molar-refractivity contribution in [3.8, 4) is 23.0 Å². The Labute approximate surface area is 115 Å². The van der Waals surface area contributed by atoms with Crippen molar-refractivity contribution in [3.63, 3.8) is 0 Å². The minimum atomic E-state index is 0.281. The Balaban J connectivity index is 2.28. The normalized spacial score (nSPS) is 10.7. The number of methoxy groups -OCH3 is 1. The number of para-hydroxylation sites is 1. The van der Waals surface area contributed by atoms with Gasteiger partial charge in [-0.1, -0.05) is 12.1 Å². The number of furan rings is 1. The highest BCUT2D eigenvalue weighted by Crippen LogP contribution is 2.32. The summed E-state index contributed by atoms with van der Waals surface area (Å²) in [6.45, 7) is 1.98. The third-order valence-electron chi connectivity index (χ3n) is 3.07. The van der Waals surface area contributed by atoms with Gasteiger partial charge in [0.15, 0.2) is 5.76 Å². The SMILES string of the molecule is COc1cccc(C)c1-n1c(N)nnc1-c1ccco1. The quantitative estimate of drug-likeness (QED) is 0.790. The predicted molar refractivity (Wildman–Crippen MR) is 74.8 cm³/mol. The summed E-state index contributed by atoms with van der Waals surface area (Å²) in [4.78, 5) is 0. The van der Waals surface area contributed by atoms with Crippen molar-refractivity contribution in [1.29, 1.82) is 0 Å². The number of anilines is 1. The Bertz CT molecular complexity index is 732. The number of ether oxygens (including phenoxy) is 1. The Morgan fingerprint density at radius 1 is 1.20 bits per heavy atom. The lowest BCUT2D eigenvalue weighted by Gasteiger charge is -2.14. The molecule has 0 aliphatic heterocycles. The van der Waals surface area contributed by atoms with E-state index in [1.54, 1.807) is 24.0 Å². The number of nitrogens with zero attached hydrogens (tertiary/aromatic N) is 3. The van der Waals surface area contributed by atoms with Crippen LogP contribution in [0.5, 0.6) is 5.75 Å². The topological polar surface area (TPSA) is 79.1 Å². The molecule has 0 aliphatic rings. The number of hydrogen-bond acceptors (Lipinski definition) is 5. The fourth-order valence-corrected chi connectivity index (χ4v) is 2.17. The molecule has 0 radical (unpaired) electrons. The summed E-state index contributed by atoms with van der Waals surface area (Å²) in [7, 11) is 1.62. The molecule has 0 saturated heterocycles. The van der Waals surface area contributed by atoms with Crippen LogP contribution in [0.4, 0.5) is 5.95 Å². The summed E-state index contributed by atoms with van der Waals surface area (Å²) in [5.74, 6) is 2.12. The van der Waals surface area contributed by atoms with E-state index in [1.165, 1.54) is 0 Å². The molecule has 6 heteroatoms. The van der Waals surface area contributed by atoms with Gasteiger partial charge in [0.2, 0.25) is 11.8 Å². The highest BCUT2D eigenvalue weighted by molar-refractivity contribution is 5.62. The second-order valence-electron chi connectivity index (χ2n) is 4.32. The molecule has 20 heavy (non-hydrogen) atoms. The molecule has 0 spiro atoms. The molecule has 2 heterocycles. The lowest BCUT2D eigenvalue weighted by atomic mass is 10.1. The van der Waals surface area contributed by atoms with Crippen molar-refractivity contribution in [3.05, 3.63) is 42.2 Å². The third-order valence-corrected chi connectivity index (χ3v) is 3.07. The van der Waals surface area contributed by atoms with Crippen molar-refractivity contribution in [1.82, 2.24) is 14.8 Å². The molecule has 0 saturated carbocycles. The van der Waals surface area contributed by atoms with Crippen LogP contribution in [0.25, 0.3) is 17.3 Å². The van der Waals surface area contributed by atoms with E-state index in [0.717, 1.165) is 11.3 Å². The lowest BCUT2D eigenvalue weighted by Crippen LogP contribution is -2.06. The van der Waals surface area contributed by atoms with Gasteiger partial charge in [-0.2, -0.15) is 0 Å². The number of benzene rings is 1. The standard InChI is InChI=1S/C14H14N4O2/c1-9-5-3-6-10(19-2)12(9)18-13(16-17-14(18)15)11-7-4-8-20-11/h3-8H,1-2H3,(H2,15,17). The summed E-state index contributed by atoms with van der Waals surface area (Å²) in [5, 5.41) is 8.03. The zero-order valence-electron chi connectivity index (χ0n) is 11.2. The van der Waals surface area contributed by atoms with Crippen LogP contribution in [-0.2, 0) is 0 Å². The zero-order chi connectivity index (χ0) is 14.1. The van der Waals surface area contributed by atoms with Crippen LogP contribution in [0.1, 0.15) is 5.56 Å². The number of nitrogens with two attached hydrogens (primary N) is 1. The number of hydrogen-bond donors (Lipinski definition) is 1. The fraction of sp³-hybridized carbons (Fsp3) is 0.143. The summed E-state index contributed by atoms with van der Waals surface area (Å²) in [5.41, 5.74) is 7.78. The Morgan fingerprint density at radius 3 is 2.75 bits per heavy atom.